The molecule has 0 radical (unpaired) electrons. The highest BCUT2D eigenvalue weighted by Gasteiger charge is 2.15. The number of carboxylic acids is 1. The number of rotatable bonds is 5. The number of aliphatic carboxylic acids is 1. The topological polar surface area (TPSA) is 107 Å². The maximum atomic E-state index is 11.8. The molecule has 0 unspecified atom stereocenters. The molecule has 0 bridgehead atoms. The summed E-state index contributed by atoms with van der Waals surface area (Å²) in [6.45, 7) is 0.155. The molecule has 7 nitrogen and oxygen atoms in total. The Labute approximate surface area is 121 Å². The normalized spacial score (nSPS) is 11.9. The summed E-state index contributed by atoms with van der Waals surface area (Å²) < 4.78 is 6.28. The molecule has 0 aliphatic carbocycles. The highest BCUT2D eigenvalue weighted by molar-refractivity contribution is 5.73. The number of nitrogens with two attached hydrogens (primary N) is 1. The van der Waals surface area contributed by atoms with Gasteiger partial charge in [-0.2, -0.15) is 0 Å². The monoisotopic (exact) mass is 289 g/mol. The molecule has 1 aromatic carbocycles. The average Bonchev–Trinajstić information content (AvgIpc) is 2.94. The van der Waals surface area contributed by atoms with Crippen LogP contribution in [0.15, 0.2) is 42.9 Å². The van der Waals surface area contributed by atoms with Crippen LogP contribution in [0.4, 0.5) is 4.79 Å². The average molecular weight is 289 g/mol. The van der Waals surface area contributed by atoms with Crippen LogP contribution < -0.4 is 5.73 Å². The zero-order valence-electron chi connectivity index (χ0n) is 11.2. The van der Waals surface area contributed by atoms with Crippen molar-refractivity contribution in [2.24, 2.45) is 5.73 Å². The molecule has 0 saturated heterocycles. The van der Waals surface area contributed by atoms with Crippen LogP contribution in [-0.2, 0) is 22.6 Å². The lowest BCUT2D eigenvalue weighted by atomic mass is 10.2. The van der Waals surface area contributed by atoms with E-state index in [9.17, 15) is 9.59 Å². The number of hydrogen-bond donors (Lipinski definition) is 2. The molecule has 0 aliphatic rings. The minimum absolute atomic E-state index is 0.0499. The fourth-order valence-electron chi connectivity index (χ4n) is 1.68. The van der Waals surface area contributed by atoms with Crippen LogP contribution in [0.5, 0.6) is 0 Å². The summed E-state index contributed by atoms with van der Waals surface area (Å²) in [6, 6.07) is 8.22. The Morgan fingerprint density at radius 2 is 2.05 bits per heavy atom. The van der Waals surface area contributed by atoms with E-state index in [4.69, 9.17) is 15.6 Å². The van der Waals surface area contributed by atoms with Gasteiger partial charge in [-0.1, -0.05) is 30.3 Å². The summed E-state index contributed by atoms with van der Waals surface area (Å²) in [5.41, 5.74) is 6.70. The molecule has 0 amide bonds. The third-order valence-corrected chi connectivity index (χ3v) is 2.80. The maximum absolute atomic E-state index is 11.8. The number of carboxylic acid groups (broad SMARTS) is 1. The standard InChI is InChI=1S/C14H15N3O4/c15-12(13(18)19)6-11-7-17(9-16-11)14(20)21-8-10-4-2-1-3-5-10/h1-5,7,9,12H,6,8,15H2,(H,18,19)/t12-/m0/s1. The van der Waals surface area contributed by atoms with Crippen molar-refractivity contribution in [2.45, 2.75) is 19.1 Å². The van der Waals surface area contributed by atoms with Crippen molar-refractivity contribution in [1.82, 2.24) is 9.55 Å². The molecule has 0 aliphatic heterocycles. The molecule has 2 aromatic rings. The van der Waals surface area contributed by atoms with Gasteiger partial charge in [0.1, 0.15) is 19.0 Å². The van der Waals surface area contributed by atoms with Gasteiger partial charge < -0.3 is 15.6 Å². The van der Waals surface area contributed by atoms with Crippen LogP contribution in [0.25, 0.3) is 0 Å². The van der Waals surface area contributed by atoms with Crippen LogP contribution in [0.3, 0.4) is 0 Å². The second-order valence-corrected chi connectivity index (χ2v) is 4.46. The number of imidazole rings is 1. The zero-order chi connectivity index (χ0) is 15.2. The highest BCUT2D eigenvalue weighted by Crippen LogP contribution is 2.04. The van der Waals surface area contributed by atoms with Gasteiger partial charge in [0, 0.05) is 12.6 Å². The van der Waals surface area contributed by atoms with E-state index in [0.717, 1.165) is 10.1 Å². The van der Waals surface area contributed by atoms with E-state index in [0.29, 0.717) is 5.69 Å². The molecule has 0 saturated carbocycles. The van der Waals surface area contributed by atoms with E-state index in [1.807, 2.05) is 30.3 Å². The summed E-state index contributed by atoms with van der Waals surface area (Å²) >= 11 is 0. The largest absolute Gasteiger partial charge is 0.480 e. The number of aromatic nitrogens is 2. The van der Waals surface area contributed by atoms with Gasteiger partial charge in [-0.05, 0) is 5.56 Å². The Bertz CT molecular complexity index is 624. The van der Waals surface area contributed by atoms with Crippen LogP contribution in [0, 0.1) is 0 Å². The molecule has 0 fully saturated rings. The number of nitrogens with zero attached hydrogens (tertiary/aromatic N) is 2. The summed E-state index contributed by atoms with van der Waals surface area (Å²) in [5, 5.41) is 8.72. The Morgan fingerprint density at radius 1 is 1.33 bits per heavy atom. The molecule has 110 valence electrons. The second-order valence-electron chi connectivity index (χ2n) is 4.46. The molecule has 3 N–H and O–H groups in total. The molecule has 21 heavy (non-hydrogen) atoms. The fourth-order valence-corrected chi connectivity index (χ4v) is 1.68. The summed E-state index contributed by atoms with van der Waals surface area (Å²) in [5.74, 6) is -1.11. The van der Waals surface area contributed by atoms with E-state index in [2.05, 4.69) is 4.98 Å². The van der Waals surface area contributed by atoms with Gasteiger partial charge in [0.15, 0.2) is 0 Å². The van der Waals surface area contributed by atoms with Gasteiger partial charge >= 0.3 is 12.1 Å². The Morgan fingerprint density at radius 3 is 2.71 bits per heavy atom. The third-order valence-electron chi connectivity index (χ3n) is 2.80. The number of carbonyl (C=O) groups is 2. The fraction of sp³-hybridized carbons (Fsp3) is 0.214. The molecule has 7 heteroatoms. The smallest absolute Gasteiger partial charge is 0.419 e. The highest BCUT2D eigenvalue weighted by atomic mass is 16.5. The van der Waals surface area contributed by atoms with Crippen LogP contribution >= 0.6 is 0 Å². The lowest BCUT2D eigenvalue weighted by molar-refractivity contribution is -0.138. The number of carbonyl (C=O) groups excluding carboxylic acids is 1. The van der Waals surface area contributed by atoms with E-state index >= 15 is 0 Å². The van der Waals surface area contributed by atoms with Crippen molar-refractivity contribution < 1.29 is 19.4 Å². The van der Waals surface area contributed by atoms with Gasteiger partial charge in [-0.3, -0.25) is 4.79 Å². The first-order valence-corrected chi connectivity index (χ1v) is 6.28. The predicted octanol–water partition coefficient (Wildman–Crippen LogP) is 1.02. The van der Waals surface area contributed by atoms with Crippen molar-refractivity contribution in [3.05, 3.63) is 54.1 Å². The molecule has 1 aromatic heterocycles. The van der Waals surface area contributed by atoms with Crippen molar-refractivity contribution in [3.8, 4) is 0 Å². The Balaban J connectivity index is 1.91. The van der Waals surface area contributed by atoms with Crippen LogP contribution in [-0.4, -0.2) is 32.8 Å². The van der Waals surface area contributed by atoms with Crippen molar-refractivity contribution >= 4 is 12.1 Å². The van der Waals surface area contributed by atoms with E-state index < -0.39 is 18.1 Å². The molecule has 1 heterocycles. The molecule has 1 atom stereocenters. The van der Waals surface area contributed by atoms with Crippen molar-refractivity contribution in [1.29, 1.82) is 0 Å². The summed E-state index contributed by atoms with van der Waals surface area (Å²) in [7, 11) is 0. The van der Waals surface area contributed by atoms with Gasteiger partial charge in [-0.15, -0.1) is 0 Å². The van der Waals surface area contributed by atoms with Gasteiger partial charge in [0.25, 0.3) is 0 Å². The first-order valence-electron chi connectivity index (χ1n) is 6.28. The minimum Gasteiger partial charge on any atom is -0.480 e. The lowest BCUT2D eigenvalue weighted by Gasteiger charge is -2.04. The SMILES string of the molecule is N[C@@H](Cc1cn(C(=O)OCc2ccccc2)cn1)C(=O)O. The van der Waals surface area contributed by atoms with E-state index in [-0.39, 0.29) is 13.0 Å². The second kappa shape index (κ2) is 6.67. The van der Waals surface area contributed by atoms with Gasteiger partial charge in [-0.25, -0.2) is 14.3 Å². The van der Waals surface area contributed by atoms with Crippen molar-refractivity contribution in [2.75, 3.05) is 0 Å². The van der Waals surface area contributed by atoms with E-state index in [1.165, 1.54) is 12.5 Å². The first-order chi connectivity index (χ1) is 10.1. The third kappa shape index (κ3) is 4.15. The van der Waals surface area contributed by atoms with Gasteiger partial charge in [0.2, 0.25) is 0 Å². The quantitative estimate of drug-likeness (QED) is 0.851. The molecule has 0 spiro atoms. The molecular formula is C14H15N3O4. The molecule has 2 rings (SSSR count). The molecular weight excluding hydrogens is 274 g/mol. The minimum atomic E-state index is -1.11. The van der Waals surface area contributed by atoms with Crippen LogP contribution in [0.2, 0.25) is 0 Å². The Hall–Kier alpha value is -2.67. The van der Waals surface area contributed by atoms with Crippen molar-refractivity contribution in [3.63, 3.8) is 0 Å². The Kier molecular flexibility index (Phi) is 4.68. The number of hydrogen-bond acceptors (Lipinski definition) is 5. The number of ether oxygens (including phenoxy) is 1. The van der Waals surface area contributed by atoms with E-state index in [1.54, 1.807) is 0 Å². The number of benzene rings is 1. The zero-order valence-corrected chi connectivity index (χ0v) is 11.2. The summed E-state index contributed by atoms with van der Waals surface area (Å²) in [6.07, 6.45) is 2.16. The lowest BCUT2D eigenvalue weighted by Crippen LogP contribution is -2.32. The first kappa shape index (κ1) is 14.7. The van der Waals surface area contributed by atoms with Gasteiger partial charge in [0.05, 0.1) is 5.69 Å². The van der Waals surface area contributed by atoms with Crippen LogP contribution in [0.1, 0.15) is 11.3 Å². The maximum Gasteiger partial charge on any atom is 0.419 e. The summed E-state index contributed by atoms with van der Waals surface area (Å²) in [4.78, 5) is 26.4. The predicted molar refractivity (Wildman–Crippen MR) is 73.6 cm³/mol.